The standard InChI is InChI=1S/C18H36N2O2/c1-9-10-11-19(7)12-15(6)18(22)16(17(21)13(2)3)20(8)14(4)5/h9-10,13-16,18,22H,11-12H2,1-8H3/b10-9+/t15-,16-,18-/m1/s1. The highest BCUT2D eigenvalue weighted by molar-refractivity contribution is 5.86. The Balaban J connectivity index is 5.01. The van der Waals surface area contributed by atoms with Gasteiger partial charge in [0, 0.05) is 25.0 Å². The Morgan fingerprint density at radius 1 is 1.14 bits per heavy atom. The van der Waals surface area contributed by atoms with E-state index in [1.807, 2.05) is 52.8 Å². The predicted molar refractivity (Wildman–Crippen MR) is 94.0 cm³/mol. The van der Waals surface area contributed by atoms with Gasteiger partial charge in [-0.2, -0.15) is 0 Å². The number of hydrogen-bond acceptors (Lipinski definition) is 4. The van der Waals surface area contributed by atoms with E-state index in [9.17, 15) is 9.90 Å². The van der Waals surface area contributed by atoms with Crippen molar-refractivity contribution in [3.05, 3.63) is 12.2 Å². The molecular formula is C18H36N2O2. The van der Waals surface area contributed by atoms with Gasteiger partial charge in [-0.1, -0.05) is 32.9 Å². The summed E-state index contributed by atoms with van der Waals surface area (Å²) in [6.45, 7) is 13.5. The molecule has 4 heteroatoms. The van der Waals surface area contributed by atoms with Crippen LogP contribution in [0.2, 0.25) is 0 Å². The fourth-order valence-electron chi connectivity index (χ4n) is 2.54. The van der Waals surface area contributed by atoms with Crippen molar-refractivity contribution in [1.82, 2.24) is 9.80 Å². The third-order valence-corrected chi connectivity index (χ3v) is 4.27. The Morgan fingerprint density at radius 3 is 2.09 bits per heavy atom. The highest BCUT2D eigenvalue weighted by Crippen LogP contribution is 2.19. The largest absolute Gasteiger partial charge is 0.391 e. The Hall–Kier alpha value is -0.710. The summed E-state index contributed by atoms with van der Waals surface area (Å²) >= 11 is 0. The number of nitrogens with zero attached hydrogens (tertiary/aromatic N) is 2. The number of Topliss-reactive ketones (excluding diaryl/α,β-unsaturated/α-hetero) is 1. The number of carbonyl (C=O) groups excluding carboxylic acids is 1. The minimum absolute atomic E-state index is 0.0316. The molecule has 0 aliphatic heterocycles. The number of hydrogen-bond donors (Lipinski definition) is 1. The summed E-state index contributed by atoms with van der Waals surface area (Å²) in [4.78, 5) is 16.7. The SMILES string of the molecule is C/C=C/CN(C)C[C@@H](C)[C@@H](O)[C@@H](C(=O)C(C)C)N(C)C(C)C. The summed E-state index contributed by atoms with van der Waals surface area (Å²) in [7, 11) is 3.96. The molecule has 0 saturated heterocycles. The first kappa shape index (κ1) is 21.3. The summed E-state index contributed by atoms with van der Waals surface area (Å²) < 4.78 is 0. The van der Waals surface area contributed by atoms with E-state index in [2.05, 4.69) is 24.8 Å². The molecule has 130 valence electrons. The van der Waals surface area contributed by atoms with Crippen molar-refractivity contribution in [2.75, 3.05) is 27.2 Å². The van der Waals surface area contributed by atoms with E-state index < -0.39 is 12.1 Å². The molecule has 0 saturated carbocycles. The quantitative estimate of drug-likeness (QED) is 0.629. The zero-order valence-corrected chi connectivity index (χ0v) is 15.7. The molecular weight excluding hydrogens is 276 g/mol. The maximum Gasteiger partial charge on any atom is 0.155 e. The number of likely N-dealkylation sites (N-methyl/N-ethyl adjacent to an activating group) is 2. The number of rotatable bonds is 10. The molecule has 1 N–H and O–H groups in total. The van der Waals surface area contributed by atoms with Gasteiger partial charge in [0.25, 0.3) is 0 Å². The Morgan fingerprint density at radius 2 is 1.68 bits per heavy atom. The van der Waals surface area contributed by atoms with Gasteiger partial charge < -0.3 is 10.0 Å². The normalized spacial score (nSPS) is 17.0. The van der Waals surface area contributed by atoms with Gasteiger partial charge in [-0.05, 0) is 40.8 Å². The van der Waals surface area contributed by atoms with Crippen molar-refractivity contribution in [3.63, 3.8) is 0 Å². The van der Waals surface area contributed by atoms with Crippen LogP contribution in [0.4, 0.5) is 0 Å². The molecule has 0 amide bonds. The van der Waals surface area contributed by atoms with Gasteiger partial charge in [-0.15, -0.1) is 0 Å². The molecule has 0 aromatic heterocycles. The maximum absolute atomic E-state index is 12.6. The van der Waals surface area contributed by atoms with Crippen LogP contribution in [0.3, 0.4) is 0 Å². The van der Waals surface area contributed by atoms with Crippen LogP contribution in [0.1, 0.15) is 41.5 Å². The van der Waals surface area contributed by atoms with Gasteiger partial charge in [-0.3, -0.25) is 9.69 Å². The monoisotopic (exact) mass is 312 g/mol. The fraction of sp³-hybridized carbons (Fsp3) is 0.833. The molecule has 0 radical (unpaired) electrons. The molecule has 4 nitrogen and oxygen atoms in total. The predicted octanol–water partition coefficient (Wildman–Crippen LogP) is 2.43. The molecule has 0 aromatic carbocycles. The van der Waals surface area contributed by atoms with Crippen molar-refractivity contribution in [1.29, 1.82) is 0 Å². The third-order valence-electron chi connectivity index (χ3n) is 4.27. The number of aliphatic hydroxyl groups is 1. The van der Waals surface area contributed by atoms with Crippen LogP contribution in [0, 0.1) is 11.8 Å². The molecule has 22 heavy (non-hydrogen) atoms. The molecule has 3 atom stereocenters. The molecule has 0 aromatic rings. The van der Waals surface area contributed by atoms with E-state index in [1.165, 1.54) is 0 Å². The molecule has 0 bridgehead atoms. The smallest absolute Gasteiger partial charge is 0.155 e. The lowest BCUT2D eigenvalue weighted by Gasteiger charge is -2.37. The minimum atomic E-state index is -0.657. The van der Waals surface area contributed by atoms with Crippen LogP contribution in [0.5, 0.6) is 0 Å². The van der Waals surface area contributed by atoms with Crippen LogP contribution in [-0.2, 0) is 4.79 Å². The molecule has 0 unspecified atom stereocenters. The summed E-state index contributed by atoms with van der Waals surface area (Å²) in [5.74, 6) is 0.0737. The summed E-state index contributed by atoms with van der Waals surface area (Å²) in [5.41, 5.74) is 0. The topological polar surface area (TPSA) is 43.8 Å². The lowest BCUT2D eigenvalue weighted by Crippen LogP contribution is -2.54. The first-order chi connectivity index (χ1) is 10.1. The van der Waals surface area contributed by atoms with E-state index in [-0.39, 0.29) is 23.7 Å². The number of ketones is 1. The van der Waals surface area contributed by atoms with Gasteiger partial charge in [0.1, 0.15) is 0 Å². The first-order valence-electron chi connectivity index (χ1n) is 8.36. The fourth-order valence-corrected chi connectivity index (χ4v) is 2.54. The van der Waals surface area contributed by atoms with E-state index in [4.69, 9.17) is 0 Å². The van der Waals surface area contributed by atoms with E-state index >= 15 is 0 Å². The molecule has 0 spiro atoms. The molecule has 0 rings (SSSR count). The summed E-state index contributed by atoms with van der Waals surface area (Å²) in [5, 5.41) is 10.8. The Kier molecular flexibility index (Phi) is 9.81. The van der Waals surface area contributed by atoms with Crippen molar-refractivity contribution in [2.45, 2.75) is 59.7 Å². The second-order valence-corrected chi connectivity index (χ2v) is 7.02. The van der Waals surface area contributed by atoms with Gasteiger partial charge in [0.15, 0.2) is 5.78 Å². The van der Waals surface area contributed by atoms with Gasteiger partial charge in [0.05, 0.1) is 12.1 Å². The second-order valence-electron chi connectivity index (χ2n) is 7.02. The average Bonchev–Trinajstić information content (AvgIpc) is 2.44. The van der Waals surface area contributed by atoms with Crippen molar-refractivity contribution >= 4 is 5.78 Å². The lowest BCUT2D eigenvalue weighted by molar-refractivity contribution is -0.133. The van der Waals surface area contributed by atoms with Crippen LogP contribution >= 0.6 is 0 Å². The van der Waals surface area contributed by atoms with Crippen molar-refractivity contribution < 1.29 is 9.90 Å². The van der Waals surface area contributed by atoms with Gasteiger partial charge in [0.2, 0.25) is 0 Å². The number of aliphatic hydroxyl groups excluding tert-OH is 1. The zero-order valence-electron chi connectivity index (χ0n) is 15.7. The van der Waals surface area contributed by atoms with Gasteiger partial charge in [-0.25, -0.2) is 0 Å². The Labute approximate surface area is 137 Å². The Bertz CT molecular complexity index is 353. The summed E-state index contributed by atoms with van der Waals surface area (Å²) in [6, 6.07) is -0.222. The molecule has 0 heterocycles. The second kappa shape index (κ2) is 10.1. The maximum atomic E-state index is 12.6. The number of allylic oxidation sites excluding steroid dienone is 1. The van der Waals surface area contributed by atoms with Crippen LogP contribution in [-0.4, -0.2) is 66.1 Å². The van der Waals surface area contributed by atoms with Gasteiger partial charge >= 0.3 is 0 Å². The zero-order chi connectivity index (χ0) is 17.4. The van der Waals surface area contributed by atoms with Crippen LogP contribution in [0.15, 0.2) is 12.2 Å². The van der Waals surface area contributed by atoms with E-state index in [0.717, 1.165) is 13.1 Å². The van der Waals surface area contributed by atoms with E-state index in [0.29, 0.717) is 0 Å². The lowest BCUT2D eigenvalue weighted by atomic mass is 9.88. The average molecular weight is 312 g/mol. The van der Waals surface area contributed by atoms with Crippen LogP contribution < -0.4 is 0 Å². The number of carbonyl (C=O) groups is 1. The highest BCUT2D eigenvalue weighted by atomic mass is 16.3. The highest BCUT2D eigenvalue weighted by Gasteiger charge is 2.36. The molecule has 0 aliphatic carbocycles. The third kappa shape index (κ3) is 6.59. The minimum Gasteiger partial charge on any atom is -0.391 e. The van der Waals surface area contributed by atoms with Crippen molar-refractivity contribution in [2.24, 2.45) is 11.8 Å². The molecule has 0 fully saturated rings. The van der Waals surface area contributed by atoms with E-state index in [1.54, 1.807) is 0 Å². The summed E-state index contributed by atoms with van der Waals surface area (Å²) in [6.07, 6.45) is 3.46. The first-order valence-corrected chi connectivity index (χ1v) is 8.36. The van der Waals surface area contributed by atoms with Crippen molar-refractivity contribution in [3.8, 4) is 0 Å². The van der Waals surface area contributed by atoms with Crippen LogP contribution in [0.25, 0.3) is 0 Å². The molecule has 0 aliphatic rings.